The molecule has 0 saturated carbocycles. The molecule has 17 heavy (non-hydrogen) atoms. The predicted molar refractivity (Wildman–Crippen MR) is 62.0 cm³/mol. The molecule has 0 aliphatic rings. The monoisotopic (exact) mass is 263 g/mol. The summed E-state index contributed by atoms with van der Waals surface area (Å²) >= 11 is 5.33. The quantitative estimate of drug-likeness (QED) is 0.830. The molecule has 0 fully saturated rings. The summed E-state index contributed by atoms with van der Waals surface area (Å²) < 4.78 is 28.9. The number of hydrogen-bond acceptors (Lipinski definition) is 2. The van der Waals surface area contributed by atoms with Crippen LogP contribution in [0.1, 0.15) is 5.56 Å². The van der Waals surface area contributed by atoms with Crippen LogP contribution < -0.4 is 10.1 Å². The summed E-state index contributed by atoms with van der Waals surface area (Å²) in [7, 11) is 0. The van der Waals surface area contributed by atoms with Gasteiger partial charge in [0.1, 0.15) is 18.2 Å². The summed E-state index contributed by atoms with van der Waals surface area (Å²) in [5.41, 5.74) is 1.18. The van der Waals surface area contributed by atoms with E-state index in [1.807, 2.05) is 0 Å². The van der Waals surface area contributed by atoms with Crippen molar-refractivity contribution >= 4 is 23.2 Å². The topological polar surface area (TPSA) is 38.3 Å². The molecule has 6 heteroatoms. The van der Waals surface area contributed by atoms with E-state index in [1.165, 1.54) is 6.07 Å². The zero-order chi connectivity index (χ0) is 12.8. The first-order valence-corrected chi connectivity index (χ1v) is 5.43. The van der Waals surface area contributed by atoms with Crippen molar-refractivity contribution in [1.29, 1.82) is 0 Å². The fourth-order valence-corrected chi connectivity index (χ4v) is 1.25. The molecule has 1 N–H and O–H groups in total. The molecule has 1 amide bonds. The van der Waals surface area contributed by atoms with E-state index in [0.29, 0.717) is 11.4 Å². The Labute approximate surface area is 103 Å². The SMILES string of the molecule is Cc1ccc(NC(=O)CCl)cc1OCC(F)F. The number of carbonyl (C=O) groups excluding carboxylic acids is 1. The molecule has 0 bridgehead atoms. The van der Waals surface area contributed by atoms with Crippen molar-refractivity contribution in [2.45, 2.75) is 13.3 Å². The van der Waals surface area contributed by atoms with Gasteiger partial charge in [0.05, 0.1) is 0 Å². The van der Waals surface area contributed by atoms with Gasteiger partial charge in [-0.15, -0.1) is 11.6 Å². The molecule has 94 valence electrons. The minimum Gasteiger partial charge on any atom is -0.487 e. The fourth-order valence-electron chi connectivity index (χ4n) is 1.18. The Hall–Kier alpha value is -1.36. The third kappa shape index (κ3) is 4.56. The van der Waals surface area contributed by atoms with Crippen LogP contribution in [-0.2, 0) is 4.79 Å². The fraction of sp³-hybridized carbons (Fsp3) is 0.364. The minimum atomic E-state index is -2.53. The van der Waals surface area contributed by atoms with Crippen molar-refractivity contribution in [2.75, 3.05) is 17.8 Å². The summed E-state index contributed by atoms with van der Waals surface area (Å²) in [6, 6.07) is 4.81. The molecule has 0 unspecified atom stereocenters. The van der Waals surface area contributed by atoms with Crippen LogP contribution in [0.5, 0.6) is 5.75 Å². The smallest absolute Gasteiger partial charge is 0.272 e. The van der Waals surface area contributed by atoms with Crippen molar-refractivity contribution in [2.24, 2.45) is 0 Å². The summed E-state index contributed by atoms with van der Waals surface area (Å²) in [6.45, 7) is 1.06. The molecule has 3 nitrogen and oxygen atoms in total. The van der Waals surface area contributed by atoms with Gasteiger partial charge in [-0.05, 0) is 18.6 Å². The molecule has 1 aromatic rings. The Morgan fingerprint density at radius 2 is 2.24 bits per heavy atom. The number of amides is 1. The van der Waals surface area contributed by atoms with Crippen molar-refractivity contribution in [3.05, 3.63) is 23.8 Å². The van der Waals surface area contributed by atoms with Crippen LogP contribution in [0.25, 0.3) is 0 Å². The molecule has 0 radical (unpaired) electrons. The van der Waals surface area contributed by atoms with E-state index < -0.39 is 13.0 Å². The van der Waals surface area contributed by atoms with Gasteiger partial charge >= 0.3 is 0 Å². The lowest BCUT2D eigenvalue weighted by Gasteiger charge is -2.11. The zero-order valence-electron chi connectivity index (χ0n) is 9.17. The van der Waals surface area contributed by atoms with E-state index in [1.54, 1.807) is 19.1 Å². The van der Waals surface area contributed by atoms with Gasteiger partial charge in [-0.25, -0.2) is 8.78 Å². The summed E-state index contributed by atoms with van der Waals surface area (Å²) in [5.74, 6) is -0.214. The molecule has 0 spiro atoms. The Balaban J connectivity index is 2.75. The first kappa shape index (κ1) is 13.7. The minimum absolute atomic E-state index is 0.166. The van der Waals surface area contributed by atoms with E-state index in [0.717, 1.165) is 5.56 Å². The van der Waals surface area contributed by atoms with Crippen LogP contribution in [0.4, 0.5) is 14.5 Å². The summed E-state index contributed by atoms with van der Waals surface area (Å²) in [5, 5.41) is 2.51. The molecular weight excluding hydrogens is 252 g/mol. The van der Waals surface area contributed by atoms with E-state index in [-0.39, 0.29) is 11.8 Å². The second kappa shape index (κ2) is 6.39. The van der Waals surface area contributed by atoms with Gasteiger partial charge < -0.3 is 10.1 Å². The van der Waals surface area contributed by atoms with Crippen LogP contribution in [0.3, 0.4) is 0 Å². The van der Waals surface area contributed by atoms with E-state index in [2.05, 4.69) is 5.32 Å². The molecule has 0 saturated heterocycles. The Morgan fingerprint density at radius 1 is 1.53 bits per heavy atom. The number of benzene rings is 1. The molecule has 0 aliphatic heterocycles. The van der Waals surface area contributed by atoms with Crippen molar-refractivity contribution < 1.29 is 18.3 Å². The molecule has 0 atom stereocenters. The number of ether oxygens (including phenoxy) is 1. The van der Waals surface area contributed by atoms with Crippen LogP contribution in [0.2, 0.25) is 0 Å². The van der Waals surface area contributed by atoms with Gasteiger partial charge in [0, 0.05) is 11.8 Å². The standard InChI is InChI=1S/C11H12ClF2NO2/c1-7-2-3-8(15-11(16)5-12)4-9(7)17-6-10(13)14/h2-4,10H,5-6H2,1H3,(H,15,16). The Bertz CT molecular complexity index is 399. The van der Waals surface area contributed by atoms with E-state index >= 15 is 0 Å². The van der Waals surface area contributed by atoms with Gasteiger partial charge in [-0.1, -0.05) is 6.07 Å². The second-order valence-electron chi connectivity index (χ2n) is 3.36. The average molecular weight is 264 g/mol. The number of hydrogen-bond donors (Lipinski definition) is 1. The zero-order valence-corrected chi connectivity index (χ0v) is 9.93. The van der Waals surface area contributed by atoms with Crippen LogP contribution in [-0.4, -0.2) is 24.8 Å². The number of aryl methyl sites for hydroxylation is 1. The second-order valence-corrected chi connectivity index (χ2v) is 3.63. The lowest BCUT2D eigenvalue weighted by Crippen LogP contribution is -2.13. The van der Waals surface area contributed by atoms with Crippen LogP contribution in [0, 0.1) is 6.92 Å². The third-order valence-electron chi connectivity index (χ3n) is 1.96. The maximum absolute atomic E-state index is 12.0. The van der Waals surface area contributed by atoms with Crippen LogP contribution >= 0.6 is 11.6 Å². The highest BCUT2D eigenvalue weighted by molar-refractivity contribution is 6.29. The molecule has 0 heterocycles. The third-order valence-corrected chi connectivity index (χ3v) is 2.20. The van der Waals surface area contributed by atoms with Crippen molar-refractivity contribution in [3.63, 3.8) is 0 Å². The number of alkyl halides is 3. The summed E-state index contributed by atoms with van der Waals surface area (Å²) in [6.07, 6.45) is -2.53. The lowest BCUT2D eigenvalue weighted by atomic mass is 10.2. The van der Waals surface area contributed by atoms with Gasteiger partial charge in [0.15, 0.2) is 0 Å². The highest BCUT2D eigenvalue weighted by Crippen LogP contribution is 2.23. The molecule has 0 aromatic heterocycles. The van der Waals surface area contributed by atoms with Crippen molar-refractivity contribution in [1.82, 2.24) is 0 Å². The number of nitrogens with one attached hydrogen (secondary N) is 1. The maximum atomic E-state index is 12.0. The highest BCUT2D eigenvalue weighted by atomic mass is 35.5. The normalized spacial score (nSPS) is 10.4. The maximum Gasteiger partial charge on any atom is 0.272 e. The number of rotatable bonds is 5. The Kier molecular flexibility index (Phi) is 5.15. The number of anilines is 1. The van der Waals surface area contributed by atoms with E-state index in [9.17, 15) is 13.6 Å². The highest BCUT2D eigenvalue weighted by Gasteiger charge is 2.07. The first-order valence-electron chi connectivity index (χ1n) is 4.90. The van der Waals surface area contributed by atoms with Crippen LogP contribution in [0.15, 0.2) is 18.2 Å². The van der Waals surface area contributed by atoms with Crippen molar-refractivity contribution in [3.8, 4) is 5.75 Å². The molecule has 0 aliphatic carbocycles. The largest absolute Gasteiger partial charge is 0.487 e. The average Bonchev–Trinajstić information content (AvgIpc) is 2.29. The lowest BCUT2D eigenvalue weighted by molar-refractivity contribution is -0.113. The number of halogens is 3. The van der Waals surface area contributed by atoms with Gasteiger partial charge in [-0.3, -0.25) is 4.79 Å². The Morgan fingerprint density at radius 3 is 2.82 bits per heavy atom. The molecular formula is C11H12ClF2NO2. The first-order chi connectivity index (χ1) is 8.02. The molecule has 1 rings (SSSR count). The predicted octanol–water partition coefficient (Wildman–Crippen LogP) is 2.82. The van der Waals surface area contributed by atoms with Gasteiger partial charge in [0.25, 0.3) is 6.43 Å². The van der Waals surface area contributed by atoms with Gasteiger partial charge in [-0.2, -0.15) is 0 Å². The van der Waals surface area contributed by atoms with Gasteiger partial charge in [0.2, 0.25) is 5.91 Å². The van der Waals surface area contributed by atoms with E-state index in [4.69, 9.17) is 16.3 Å². The molecule has 1 aromatic carbocycles. The number of carbonyl (C=O) groups is 1. The summed E-state index contributed by atoms with van der Waals surface area (Å²) in [4.78, 5) is 11.0.